The lowest BCUT2D eigenvalue weighted by Crippen LogP contribution is -2.00. The molecule has 3 aromatic rings. The topological polar surface area (TPSA) is 75.2 Å². The van der Waals surface area contributed by atoms with Gasteiger partial charge in [-0.05, 0) is 37.1 Å². The molecule has 1 heterocycles. The largest absolute Gasteiger partial charge is 0.496 e. The molecule has 0 fully saturated rings. The summed E-state index contributed by atoms with van der Waals surface area (Å²) in [7, 11) is 1.59. The number of aryl methyl sites for hydroxylation is 1. The third-order valence-corrected chi connectivity index (χ3v) is 4.50. The summed E-state index contributed by atoms with van der Waals surface area (Å²) in [6.07, 6.45) is 2.11. The Morgan fingerprint density at radius 3 is 2.76 bits per heavy atom. The van der Waals surface area contributed by atoms with Gasteiger partial charge in [-0.25, -0.2) is 4.79 Å². The molecule has 3 rings (SSSR count). The van der Waals surface area contributed by atoms with Crippen LogP contribution in [0.5, 0.6) is 5.75 Å². The van der Waals surface area contributed by atoms with Crippen molar-refractivity contribution in [1.29, 1.82) is 5.26 Å². The van der Waals surface area contributed by atoms with Crippen LogP contribution in [-0.4, -0.2) is 22.8 Å². The molecule has 0 saturated carbocycles. The van der Waals surface area contributed by atoms with Crippen molar-refractivity contribution in [3.63, 3.8) is 0 Å². The molecule has 0 unspecified atom stereocenters. The quantitative estimate of drug-likeness (QED) is 0.640. The first-order valence-corrected chi connectivity index (χ1v) is 8.34. The molecule has 1 N–H and O–H groups in total. The van der Waals surface area contributed by atoms with E-state index < -0.39 is 5.97 Å². The molecule has 0 saturated heterocycles. The van der Waals surface area contributed by atoms with Gasteiger partial charge >= 0.3 is 5.97 Å². The molecule has 25 heavy (non-hydrogen) atoms. The number of aromatic carboxylic acids is 1. The maximum atomic E-state index is 11.4. The van der Waals surface area contributed by atoms with Crippen LogP contribution in [0.3, 0.4) is 0 Å². The lowest BCUT2D eigenvalue weighted by molar-refractivity contribution is 0.0697. The number of methoxy groups -OCH3 is 1. The molecule has 6 heteroatoms. The van der Waals surface area contributed by atoms with E-state index in [1.807, 2.05) is 12.1 Å². The minimum absolute atomic E-state index is 0.235. The molecular weight excluding hydrogens is 340 g/mol. The number of carbonyl (C=O) groups is 1. The summed E-state index contributed by atoms with van der Waals surface area (Å²) >= 11 is 6.24. The summed E-state index contributed by atoms with van der Waals surface area (Å²) in [4.78, 5) is 11.4. The summed E-state index contributed by atoms with van der Waals surface area (Å²) in [6.45, 7) is 0.675. The highest BCUT2D eigenvalue weighted by Gasteiger charge is 2.17. The predicted molar refractivity (Wildman–Crippen MR) is 97.4 cm³/mol. The number of nitrogens with zero attached hydrogens (tertiary/aromatic N) is 2. The molecule has 128 valence electrons. The van der Waals surface area contributed by atoms with Crippen molar-refractivity contribution in [2.24, 2.45) is 0 Å². The molecule has 0 radical (unpaired) electrons. The van der Waals surface area contributed by atoms with Crippen molar-refractivity contribution in [2.45, 2.75) is 25.8 Å². The van der Waals surface area contributed by atoms with Gasteiger partial charge in [0.2, 0.25) is 0 Å². The second-order valence-corrected chi connectivity index (χ2v) is 6.24. The lowest BCUT2D eigenvalue weighted by atomic mass is 10.1. The van der Waals surface area contributed by atoms with Crippen molar-refractivity contribution in [3.8, 4) is 11.8 Å². The minimum Gasteiger partial charge on any atom is -0.496 e. The zero-order valence-electron chi connectivity index (χ0n) is 13.8. The molecule has 0 atom stereocenters. The average molecular weight is 357 g/mol. The SMILES string of the molecule is COc1cc(Cl)cc2c1c1ccc(C(=O)O)cc1n2CCCCC#N. The van der Waals surface area contributed by atoms with Crippen LogP contribution < -0.4 is 4.74 Å². The fourth-order valence-electron chi connectivity index (χ4n) is 3.16. The van der Waals surface area contributed by atoms with Crippen molar-refractivity contribution in [1.82, 2.24) is 4.57 Å². The lowest BCUT2D eigenvalue weighted by Gasteiger charge is -2.08. The maximum absolute atomic E-state index is 11.4. The number of carboxylic acid groups (broad SMARTS) is 1. The van der Waals surface area contributed by atoms with E-state index in [2.05, 4.69) is 10.6 Å². The van der Waals surface area contributed by atoms with Gasteiger partial charge in [0, 0.05) is 28.8 Å². The van der Waals surface area contributed by atoms with E-state index in [0.29, 0.717) is 23.7 Å². The molecule has 0 bridgehead atoms. The Labute approximate surface area is 150 Å². The number of aromatic nitrogens is 1. The van der Waals surface area contributed by atoms with Crippen LogP contribution in [0, 0.1) is 11.3 Å². The Bertz CT molecular complexity index is 1000. The molecule has 0 aliphatic rings. The van der Waals surface area contributed by atoms with Crippen LogP contribution in [0.4, 0.5) is 0 Å². The molecule has 0 aliphatic heterocycles. The monoisotopic (exact) mass is 356 g/mol. The number of hydrogen-bond acceptors (Lipinski definition) is 3. The van der Waals surface area contributed by atoms with E-state index in [-0.39, 0.29) is 5.56 Å². The zero-order chi connectivity index (χ0) is 18.0. The van der Waals surface area contributed by atoms with Crippen LogP contribution in [0.25, 0.3) is 21.8 Å². The Balaban J connectivity index is 2.26. The first-order valence-electron chi connectivity index (χ1n) is 7.96. The van der Waals surface area contributed by atoms with Crippen LogP contribution >= 0.6 is 11.6 Å². The van der Waals surface area contributed by atoms with Gasteiger partial charge in [-0.3, -0.25) is 0 Å². The first kappa shape index (κ1) is 17.1. The van der Waals surface area contributed by atoms with Crippen LogP contribution in [0.1, 0.15) is 29.6 Å². The van der Waals surface area contributed by atoms with Crippen LogP contribution in [-0.2, 0) is 6.54 Å². The molecule has 0 aliphatic carbocycles. The number of hydrogen-bond donors (Lipinski definition) is 1. The van der Waals surface area contributed by atoms with Gasteiger partial charge in [0.1, 0.15) is 5.75 Å². The van der Waals surface area contributed by atoms with Gasteiger partial charge in [-0.1, -0.05) is 17.7 Å². The number of ether oxygens (including phenoxy) is 1. The van der Waals surface area contributed by atoms with Gasteiger partial charge in [0.05, 0.1) is 29.8 Å². The van der Waals surface area contributed by atoms with E-state index >= 15 is 0 Å². The van der Waals surface area contributed by atoms with Crippen molar-refractivity contribution in [3.05, 3.63) is 40.9 Å². The molecule has 0 spiro atoms. The highest BCUT2D eigenvalue weighted by atomic mass is 35.5. The standard InChI is InChI=1S/C19H17ClN2O3/c1-25-17-11-13(20)10-16-18(17)14-6-5-12(19(23)24)9-15(14)22(16)8-4-2-3-7-21/h5-6,9-11H,2-4,8H2,1H3,(H,23,24). The van der Waals surface area contributed by atoms with Crippen LogP contribution in [0.15, 0.2) is 30.3 Å². The fourth-order valence-corrected chi connectivity index (χ4v) is 3.36. The van der Waals surface area contributed by atoms with Crippen molar-refractivity contribution < 1.29 is 14.6 Å². The summed E-state index contributed by atoms with van der Waals surface area (Å²) in [5.41, 5.74) is 1.96. The third-order valence-electron chi connectivity index (χ3n) is 4.28. The Hall–Kier alpha value is -2.71. The summed E-state index contributed by atoms with van der Waals surface area (Å²) in [6, 6.07) is 10.8. The highest BCUT2D eigenvalue weighted by molar-refractivity contribution is 6.32. The highest BCUT2D eigenvalue weighted by Crippen LogP contribution is 2.38. The van der Waals surface area contributed by atoms with E-state index in [1.165, 1.54) is 0 Å². The first-order chi connectivity index (χ1) is 12.1. The number of carboxylic acids is 1. The molecule has 2 aromatic carbocycles. The summed E-state index contributed by atoms with van der Waals surface area (Å²) in [5.74, 6) is -0.306. The average Bonchev–Trinajstić information content (AvgIpc) is 2.90. The number of rotatable bonds is 6. The van der Waals surface area contributed by atoms with Gasteiger partial charge in [0.25, 0.3) is 0 Å². The maximum Gasteiger partial charge on any atom is 0.335 e. The van der Waals surface area contributed by atoms with E-state index in [9.17, 15) is 9.90 Å². The second-order valence-electron chi connectivity index (χ2n) is 5.81. The Morgan fingerprint density at radius 1 is 1.28 bits per heavy atom. The number of halogens is 1. The van der Waals surface area contributed by atoms with Gasteiger partial charge in [0.15, 0.2) is 0 Å². The molecule has 0 amide bonds. The van der Waals surface area contributed by atoms with E-state index in [0.717, 1.165) is 34.6 Å². The summed E-state index contributed by atoms with van der Waals surface area (Å²) < 4.78 is 7.55. The number of fused-ring (bicyclic) bond motifs is 3. The molecular formula is C19H17ClN2O3. The van der Waals surface area contributed by atoms with E-state index in [4.69, 9.17) is 21.6 Å². The zero-order valence-corrected chi connectivity index (χ0v) is 14.5. The Morgan fingerprint density at radius 2 is 2.08 bits per heavy atom. The normalized spacial score (nSPS) is 10.9. The predicted octanol–water partition coefficient (Wildman–Crippen LogP) is 4.85. The third kappa shape index (κ3) is 3.13. The summed E-state index contributed by atoms with van der Waals surface area (Å²) in [5, 5.41) is 20.4. The molecule has 1 aromatic heterocycles. The van der Waals surface area contributed by atoms with Gasteiger partial charge < -0.3 is 14.4 Å². The fraction of sp³-hybridized carbons (Fsp3) is 0.263. The molecule has 5 nitrogen and oxygen atoms in total. The number of unbranched alkanes of at least 4 members (excludes halogenated alkanes) is 2. The van der Waals surface area contributed by atoms with Gasteiger partial charge in [-0.2, -0.15) is 5.26 Å². The van der Waals surface area contributed by atoms with Crippen molar-refractivity contribution in [2.75, 3.05) is 7.11 Å². The van der Waals surface area contributed by atoms with Crippen molar-refractivity contribution >= 4 is 39.4 Å². The van der Waals surface area contributed by atoms with E-state index in [1.54, 1.807) is 25.3 Å². The van der Waals surface area contributed by atoms with Crippen LogP contribution in [0.2, 0.25) is 5.02 Å². The number of nitriles is 1. The second kappa shape index (κ2) is 7.04. The minimum atomic E-state index is -0.965. The van der Waals surface area contributed by atoms with Gasteiger partial charge in [-0.15, -0.1) is 0 Å². The Kier molecular flexibility index (Phi) is 4.82. The number of benzene rings is 2. The smallest absolute Gasteiger partial charge is 0.335 e.